The highest BCUT2D eigenvalue weighted by atomic mass is 16.5. The van der Waals surface area contributed by atoms with Gasteiger partial charge in [-0.2, -0.15) is 0 Å². The molecule has 0 radical (unpaired) electrons. The number of carbonyl (C=O) groups is 1. The Hall–Kier alpha value is -2.83. The van der Waals surface area contributed by atoms with Crippen LogP contribution in [0, 0.1) is 0 Å². The molecule has 2 aromatic carbocycles. The standard InChI is InChI=1S/C21H24O6/c22-11-1-2-13-26-19-8-4-16(5-9-19)20(25)10-6-17-3-7-18(24)15-21(17)27-14-12-23/h3-10,15,22-24H,1-2,11-14H2/b10-6+. The van der Waals surface area contributed by atoms with E-state index in [2.05, 4.69) is 0 Å². The average Bonchev–Trinajstić information content (AvgIpc) is 2.69. The Labute approximate surface area is 158 Å². The molecule has 6 nitrogen and oxygen atoms in total. The molecule has 27 heavy (non-hydrogen) atoms. The van der Waals surface area contributed by atoms with Gasteiger partial charge in [0.05, 0.1) is 13.2 Å². The molecule has 0 fully saturated rings. The monoisotopic (exact) mass is 372 g/mol. The second-order valence-electron chi connectivity index (χ2n) is 5.80. The van der Waals surface area contributed by atoms with Crippen molar-refractivity contribution in [3.05, 3.63) is 59.7 Å². The molecule has 3 N–H and O–H groups in total. The van der Waals surface area contributed by atoms with Gasteiger partial charge in [-0.05, 0) is 61.4 Å². The van der Waals surface area contributed by atoms with Crippen LogP contribution in [0.25, 0.3) is 6.08 Å². The first-order valence-corrected chi connectivity index (χ1v) is 8.77. The number of hydrogen-bond acceptors (Lipinski definition) is 6. The fraction of sp³-hybridized carbons (Fsp3) is 0.286. The third kappa shape index (κ3) is 6.77. The number of phenolic OH excluding ortho intramolecular Hbond substituents is 1. The first-order chi connectivity index (χ1) is 13.1. The zero-order chi connectivity index (χ0) is 19.5. The zero-order valence-corrected chi connectivity index (χ0v) is 15.0. The normalized spacial score (nSPS) is 10.9. The number of allylic oxidation sites excluding steroid dienone is 1. The molecular formula is C21H24O6. The number of ketones is 1. The summed E-state index contributed by atoms with van der Waals surface area (Å²) in [5.41, 5.74) is 1.14. The van der Waals surface area contributed by atoms with Crippen LogP contribution < -0.4 is 9.47 Å². The summed E-state index contributed by atoms with van der Waals surface area (Å²) in [6.45, 7) is 0.617. The van der Waals surface area contributed by atoms with Gasteiger partial charge in [-0.1, -0.05) is 0 Å². The molecule has 144 valence electrons. The van der Waals surface area contributed by atoms with Crippen LogP contribution in [0.15, 0.2) is 48.5 Å². The van der Waals surface area contributed by atoms with Crippen molar-refractivity contribution < 1.29 is 29.6 Å². The molecule has 0 saturated heterocycles. The smallest absolute Gasteiger partial charge is 0.185 e. The van der Waals surface area contributed by atoms with E-state index in [1.54, 1.807) is 36.4 Å². The number of aliphatic hydroxyl groups is 2. The van der Waals surface area contributed by atoms with E-state index in [9.17, 15) is 9.90 Å². The highest BCUT2D eigenvalue weighted by Crippen LogP contribution is 2.25. The minimum Gasteiger partial charge on any atom is -0.508 e. The number of phenols is 1. The summed E-state index contributed by atoms with van der Waals surface area (Å²) < 4.78 is 10.9. The van der Waals surface area contributed by atoms with Crippen molar-refractivity contribution in [2.75, 3.05) is 26.4 Å². The van der Waals surface area contributed by atoms with Crippen molar-refractivity contribution in [3.8, 4) is 17.2 Å². The molecule has 0 aliphatic heterocycles. The lowest BCUT2D eigenvalue weighted by Crippen LogP contribution is -2.02. The second kappa shape index (κ2) is 11.0. The lowest BCUT2D eigenvalue weighted by molar-refractivity contribution is 0.104. The summed E-state index contributed by atoms with van der Waals surface area (Å²) in [6.07, 6.45) is 4.50. The Morgan fingerprint density at radius 2 is 1.70 bits per heavy atom. The number of aliphatic hydroxyl groups excluding tert-OH is 2. The number of ether oxygens (including phenoxy) is 2. The first kappa shape index (κ1) is 20.5. The topological polar surface area (TPSA) is 96.2 Å². The maximum absolute atomic E-state index is 12.3. The van der Waals surface area contributed by atoms with Crippen molar-refractivity contribution in [2.45, 2.75) is 12.8 Å². The Morgan fingerprint density at radius 1 is 0.926 bits per heavy atom. The maximum atomic E-state index is 12.3. The van der Waals surface area contributed by atoms with Crippen LogP contribution in [0.1, 0.15) is 28.8 Å². The number of benzene rings is 2. The van der Waals surface area contributed by atoms with E-state index in [-0.39, 0.29) is 31.4 Å². The SMILES string of the molecule is O=C(/C=C/c1ccc(O)cc1OCCO)c1ccc(OCCCCO)cc1. The van der Waals surface area contributed by atoms with Gasteiger partial charge in [-0.25, -0.2) is 0 Å². The van der Waals surface area contributed by atoms with E-state index in [0.29, 0.717) is 35.7 Å². The van der Waals surface area contributed by atoms with Gasteiger partial charge in [0, 0.05) is 23.8 Å². The van der Waals surface area contributed by atoms with Crippen LogP contribution >= 0.6 is 0 Å². The number of unbranched alkanes of at least 4 members (excludes halogenated alkanes) is 1. The molecule has 2 aromatic rings. The van der Waals surface area contributed by atoms with Crippen LogP contribution in [0.5, 0.6) is 17.2 Å². The van der Waals surface area contributed by atoms with Gasteiger partial charge >= 0.3 is 0 Å². The summed E-state index contributed by atoms with van der Waals surface area (Å²) >= 11 is 0. The number of aromatic hydroxyl groups is 1. The molecule has 0 aliphatic carbocycles. The molecule has 6 heteroatoms. The van der Waals surface area contributed by atoms with Crippen LogP contribution in [0.4, 0.5) is 0 Å². The van der Waals surface area contributed by atoms with E-state index in [4.69, 9.17) is 19.7 Å². The fourth-order valence-corrected chi connectivity index (χ4v) is 2.32. The Balaban J connectivity index is 2.00. The van der Waals surface area contributed by atoms with Crippen molar-refractivity contribution in [2.24, 2.45) is 0 Å². The minimum atomic E-state index is -0.178. The van der Waals surface area contributed by atoms with Crippen molar-refractivity contribution >= 4 is 11.9 Å². The molecule has 0 aliphatic rings. The second-order valence-corrected chi connectivity index (χ2v) is 5.80. The lowest BCUT2D eigenvalue weighted by Gasteiger charge is -2.08. The Morgan fingerprint density at radius 3 is 2.41 bits per heavy atom. The molecule has 0 spiro atoms. The molecular weight excluding hydrogens is 348 g/mol. The summed E-state index contributed by atoms with van der Waals surface area (Å²) in [7, 11) is 0. The molecule has 0 heterocycles. The highest BCUT2D eigenvalue weighted by molar-refractivity contribution is 6.07. The number of hydrogen-bond donors (Lipinski definition) is 3. The van der Waals surface area contributed by atoms with E-state index < -0.39 is 0 Å². The zero-order valence-electron chi connectivity index (χ0n) is 15.0. The molecule has 0 unspecified atom stereocenters. The highest BCUT2D eigenvalue weighted by Gasteiger charge is 2.06. The third-order valence-electron chi connectivity index (χ3n) is 3.72. The summed E-state index contributed by atoms with van der Waals surface area (Å²) in [5, 5.41) is 27.2. The largest absolute Gasteiger partial charge is 0.508 e. The predicted octanol–water partition coefficient (Wildman–Crippen LogP) is 2.81. The van der Waals surface area contributed by atoms with Crippen molar-refractivity contribution in [3.63, 3.8) is 0 Å². The van der Waals surface area contributed by atoms with E-state index in [1.165, 1.54) is 18.2 Å². The van der Waals surface area contributed by atoms with Crippen LogP contribution in [-0.2, 0) is 0 Å². The maximum Gasteiger partial charge on any atom is 0.185 e. The molecule has 0 bridgehead atoms. The molecule has 2 rings (SSSR count). The number of carbonyl (C=O) groups excluding carboxylic acids is 1. The molecule has 0 atom stereocenters. The molecule has 0 aromatic heterocycles. The minimum absolute atomic E-state index is 0.0426. The van der Waals surface area contributed by atoms with Crippen LogP contribution in [-0.4, -0.2) is 47.5 Å². The Kier molecular flexibility index (Phi) is 8.35. The summed E-state index contributed by atoms with van der Waals surface area (Å²) in [6, 6.07) is 11.4. The van der Waals surface area contributed by atoms with E-state index in [1.807, 2.05) is 0 Å². The number of rotatable bonds is 11. The van der Waals surface area contributed by atoms with Crippen molar-refractivity contribution in [1.29, 1.82) is 0 Å². The first-order valence-electron chi connectivity index (χ1n) is 8.77. The Bertz CT molecular complexity index is 752. The fourth-order valence-electron chi connectivity index (χ4n) is 2.32. The van der Waals surface area contributed by atoms with Crippen LogP contribution in [0.2, 0.25) is 0 Å². The summed E-state index contributed by atoms with van der Waals surface area (Å²) in [5.74, 6) is 0.926. The average molecular weight is 372 g/mol. The van der Waals surface area contributed by atoms with Gasteiger partial charge in [0.15, 0.2) is 5.78 Å². The third-order valence-corrected chi connectivity index (χ3v) is 3.72. The van der Waals surface area contributed by atoms with Crippen molar-refractivity contribution in [1.82, 2.24) is 0 Å². The van der Waals surface area contributed by atoms with Gasteiger partial charge in [-0.3, -0.25) is 4.79 Å². The molecule has 0 amide bonds. The van der Waals surface area contributed by atoms with Gasteiger partial charge < -0.3 is 24.8 Å². The molecule has 0 saturated carbocycles. The van der Waals surface area contributed by atoms with E-state index >= 15 is 0 Å². The predicted molar refractivity (Wildman–Crippen MR) is 102 cm³/mol. The van der Waals surface area contributed by atoms with Crippen LogP contribution in [0.3, 0.4) is 0 Å². The van der Waals surface area contributed by atoms with Gasteiger partial charge in [0.2, 0.25) is 0 Å². The van der Waals surface area contributed by atoms with Gasteiger partial charge in [0.1, 0.15) is 23.9 Å². The lowest BCUT2D eigenvalue weighted by atomic mass is 10.1. The quantitative estimate of drug-likeness (QED) is 0.319. The van der Waals surface area contributed by atoms with Gasteiger partial charge in [0.25, 0.3) is 0 Å². The van der Waals surface area contributed by atoms with E-state index in [0.717, 1.165) is 6.42 Å². The van der Waals surface area contributed by atoms with Gasteiger partial charge in [-0.15, -0.1) is 0 Å². The summed E-state index contributed by atoms with van der Waals surface area (Å²) in [4.78, 5) is 12.3.